The van der Waals surface area contributed by atoms with Gasteiger partial charge in [0.15, 0.2) is 5.69 Å². The van der Waals surface area contributed by atoms with Crippen molar-refractivity contribution in [3.05, 3.63) is 58.2 Å². The van der Waals surface area contributed by atoms with E-state index in [1.807, 2.05) is 0 Å². The predicted octanol–water partition coefficient (Wildman–Crippen LogP) is 4.76. The molecule has 1 amide bonds. The highest BCUT2D eigenvalue weighted by Gasteiger charge is 2.35. The number of halogens is 6. The van der Waals surface area contributed by atoms with E-state index in [1.165, 1.54) is 17.2 Å². The first-order valence-corrected chi connectivity index (χ1v) is 12.2. The number of likely N-dealkylation sites (tertiary alicyclic amines) is 1. The van der Waals surface area contributed by atoms with Gasteiger partial charge in [-0.05, 0) is 37.5 Å². The molecule has 1 atom stereocenters. The van der Waals surface area contributed by atoms with Gasteiger partial charge in [-0.15, -0.1) is 0 Å². The van der Waals surface area contributed by atoms with Crippen molar-refractivity contribution in [2.24, 2.45) is 5.92 Å². The second-order valence-corrected chi connectivity index (χ2v) is 9.65. The molecular formula is C23H22F6N6O2S. The van der Waals surface area contributed by atoms with Gasteiger partial charge in [0.2, 0.25) is 5.88 Å². The van der Waals surface area contributed by atoms with Crippen LogP contribution in [0.1, 0.15) is 38.7 Å². The summed E-state index contributed by atoms with van der Waals surface area (Å²) in [5.74, 6) is -0.245. The average molecular weight is 561 g/mol. The minimum Gasteiger partial charge on any atom is -0.477 e. The van der Waals surface area contributed by atoms with Crippen molar-refractivity contribution in [3.63, 3.8) is 0 Å². The van der Waals surface area contributed by atoms with E-state index in [0.29, 0.717) is 42.0 Å². The van der Waals surface area contributed by atoms with Crippen LogP contribution < -0.4 is 10.1 Å². The number of aryl methyl sites for hydroxylation is 1. The highest BCUT2D eigenvalue weighted by Crippen LogP contribution is 2.28. The molecule has 3 aromatic heterocycles. The van der Waals surface area contributed by atoms with Crippen LogP contribution >= 0.6 is 11.5 Å². The summed E-state index contributed by atoms with van der Waals surface area (Å²) in [7, 11) is 0. The molecule has 1 unspecified atom stereocenters. The first kappa shape index (κ1) is 27.7. The van der Waals surface area contributed by atoms with Gasteiger partial charge in [-0.1, -0.05) is 0 Å². The van der Waals surface area contributed by atoms with E-state index in [0.717, 1.165) is 17.7 Å². The zero-order valence-corrected chi connectivity index (χ0v) is 20.8. The van der Waals surface area contributed by atoms with Crippen molar-refractivity contribution in [3.8, 4) is 5.88 Å². The molecule has 15 heteroatoms. The van der Waals surface area contributed by atoms with E-state index in [2.05, 4.69) is 24.6 Å². The van der Waals surface area contributed by atoms with E-state index in [4.69, 9.17) is 4.74 Å². The van der Waals surface area contributed by atoms with Crippen molar-refractivity contribution >= 4 is 23.1 Å². The van der Waals surface area contributed by atoms with Gasteiger partial charge in [0, 0.05) is 36.0 Å². The summed E-state index contributed by atoms with van der Waals surface area (Å²) in [5, 5.41) is 2.70. The summed E-state index contributed by atoms with van der Waals surface area (Å²) in [6.07, 6.45) is -5.11. The smallest absolute Gasteiger partial charge is 0.434 e. The third-order valence-electron chi connectivity index (χ3n) is 5.73. The monoisotopic (exact) mass is 560 g/mol. The Labute approximate surface area is 217 Å². The van der Waals surface area contributed by atoms with Crippen LogP contribution in [-0.4, -0.2) is 62.6 Å². The van der Waals surface area contributed by atoms with Crippen LogP contribution in [0.15, 0.2) is 30.7 Å². The standard InChI is InChI=1S/C23H22F6N6O2S/c1-13-20(17(38-34-13)6-16-8-31-18(9-30-16)23(27,28)29)21(36)33-15-2-3-19(32-7-15)37-11-14-4-5-35(10-14)12-22(24,25)26/h2-3,7-9,14H,4-6,10-12H2,1H3,(H,33,36). The number of hydrogen-bond acceptors (Lipinski definition) is 8. The second-order valence-electron chi connectivity index (χ2n) is 8.79. The van der Waals surface area contributed by atoms with Gasteiger partial charge < -0.3 is 10.1 Å². The Morgan fingerprint density at radius 3 is 2.55 bits per heavy atom. The molecule has 8 nitrogen and oxygen atoms in total. The molecule has 0 saturated carbocycles. The molecular weight excluding hydrogens is 538 g/mol. The maximum absolute atomic E-state index is 12.9. The number of carbonyl (C=O) groups is 1. The molecule has 1 saturated heterocycles. The summed E-state index contributed by atoms with van der Waals surface area (Å²) < 4.78 is 85.6. The third kappa shape index (κ3) is 7.37. The molecule has 0 spiro atoms. The normalized spacial score (nSPS) is 16.6. The van der Waals surface area contributed by atoms with E-state index >= 15 is 0 Å². The van der Waals surface area contributed by atoms with Gasteiger partial charge in [-0.3, -0.25) is 14.7 Å². The third-order valence-corrected chi connectivity index (χ3v) is 6.67. The first-order chi connectivity index (χ1) is 17.9. The van der Waals surface area contributed by atoms with Crippen molar-refractivity contribution in [2.75, 3.05) is 31.6 Å². The fourth-order valence-corrected chi connectivity index (χ4v) is 4.85. The SMILES string of the molecule is Cc1nsc(Cc2cnc(C(F)(F)F)cn2)c1C(=O)Nc1ccc(OCC2CCN(CC(F)(F)F)C2)nc1. The van der Waals surface area contributed by atoms with E-state index < -0.39 is 30.5 Å². The van der Waals surface area contributed by atoms with Crippen LogP contribution in [0.2, 0.25) is 0 Å². The van der Waals surface area contributed by atoms with Crippen molar-refractivity contribution in [1.82, 2.24) is 24.2 Å². The van der Waals surface area contributed by atoms with Crippen LogP contribution in [-0.2, 0) is 12.6 Å². The summed E-state index contributed by atoms with van der Waals surface area (Å²) in [6.45, 7) is 1.58. The van der Waals surface area contributed by atoms with Gasteiger partial charge in [0.05, 0.1) is 48.2 Å². The van der Waals surface area contributed by atoms with Crippen LogP contribution in [0.3, 0.4) is 0 Å². The number of nitrogens with zero attached hydrogens (tertiary/aromatic N) is 5. The maximum Gasteiger partial charge on any atom is 0.434 e. The molecule has 1 aliphatic rings. The Balaban J connectivity index is 1.32. The number of ether oxygens (including phenoxy) is 1. The predicted molar refractivity (Wildman–Crippen MR) is 125 cm³/mol. The number of nitrogens with one attached hydrogen (secondary N) is 1. The Morgan fingerprint density at radius 1 is 1.13 bits per heavy atom. The number of carbonyl (C=O) groups excluding carboxylic acids is 1. The first-order valence-electron chi connectivity index (χ1n) is 11.4. The number of rotatable bonds is 8. The Hall–Kier alpha value is -3.33. The largest absolute Gasteiger partial charge is 0.477 e. The van der Waals surface area contributed by atoms with Crippen molar-refractivity contribution in [1.29, 1.82) is 0 Å². The number of amides is 1. The van der Waals surface area contributed by atoms with Gasteiger partial charge in [0.25, 0.3) is 5.91 Å². The summed E-state index contributed by atoms with van der Waals surface area (Å²) in [5.41, 5.74) is 0.243. The highest BCUT2D eigenvalue weighted by molar-refractivity contribution is 7.06. The summed E-state index contributed by atoms with van der Waals surface area (Å²) in [4.78, 5) is 26.1. The zero-order valence-electron chi connectivity index (χ0n) is 19.9. The summed E-state index contributed by atoms with van der Waals surface area (Å²) in [6, 6.07) is 3.11. The van der Waals surface area contributed by atoms with Crippen molar-refractivity contribution < 1.29 is 35.9 Å². The zero-order chi connectivity index (χ0) is 27.5. The number of hydrogen-bond donors (Lipinski definition) is 1. The molecule has 0 bridgehead atoms. The quantitative estimate of drug-likeness (QED) is 0.397. The maximum atomic E-state index is 12.9. The number of pyridine rings is 1. The molecule has 3 aromatic rings. The van der Waals surface area contributed by atoms with Gasteiger partial charge in [-0.25, -0.2) is 9.97 Å². The van der Waals surface area contributed by atoms with E-state index in [-0.39, 0.29) is 36.1 Å². The second kappa shape index (κ2) is 11.2. The van der Waals surface area contributed by atoms with E-state index in [1.54, 1.807) is 13.0 Å². The molecule has 38 heavy (non-hydrogen) atoms. The molecule has 0 aromatic carbocycles. The van der Waals surface area contributed by atoms with E-state index in [9.17, 15) is 31.1 Å². The highest BCUT2D eigenvalue weighted by atomic mass is 32.1. The molecule has 1 fully saturated rings. The molecule has 4 heterocycles. The van der Waals surface area contributed by atoms with Crippen LogP contribution in [0.25, 0.3) is 0 Å². The van der Waals surface area contributed by atoms with Gasteiger partial charge in [-0.2, -0.15) is 30.7 Å². The lowest BCUT2D eigenvalue weighted by atomic mass is 10.1. The Morgan fingerprint density at radius 2 is 1.92 bits per heavy atom. The molecule has 1 aliphatic heterocycles. The molecule has 1 N–H and O–H groups in total. The average Bonchev–Trinajstić information content (AvgIpc) is 3.43. The van der Waals surface area contributed by atoms with Gasteiger partial charge in [0.1, 0.15) is 0 Å². The van der Waals surface area contributed by atoms with Crippen LogP contribution in [0.5, 0.6) is 5.88 Å². The summed E-state index contributed by atoms with van der Waals surface area (Å²) >= 11 is 1.04. The van der Waals surface area contributed by atoms with Crippen LogP contribution in [0, 0.1) is 12.8 Å². The van der Waals surface area contributed by atoms with Crippen LogP contribution in [0.4, 0.5) is 32.0 Å². The number of alkyl halides is 6. The minimum absolute atomic E-state index is 0.0413. The fraction of sp³-hybridized carbons (Fsp3) is 0.435. The molecule has 0 radical (unpaired) electrons. The topological polar surface area (TPSA) is 93.1 Å². The lowest BCUT2D eigenvalue weighted by Crippen LogP contribution is -2.32. The lowest BCUT2D eigenvalue weighted by Gasteiger charge is -2.17. The Bertz CT molecular complexity index is 1250. The lowest BCUT2D eigenvalue weighted by molar-refractivity contribution is -0.144. The number of anilines is 1. The fourth-order valence-electron chi connectivity index (χ4n) is 3.97. The minimum atomic E-state index is -4.60. The Kier molecular flexibility index (Phi) is 8.16. The van der Waals surface area contributed by atoms with Crippen molar-refractivity contribution in [2.45, 2.75) is 32.1 Å². The molecule has 4 rings (SSSR count). The number of aromatic nitrogens is 4. The molecule has 204 valence electrons. The van der Waals surface area contributed by atoms with Gasteiger partial charge >= 0.3 is 12.4 Å². The molecule has 0 aliphatic carbocycles.